The Hall–Kier alpha value is -1.95. The molecule has 0 radical (unpaired) electrons. The van der Waals surface area contributed by atoms with E-state index >= 15 is 0 Å². The summed E-state index contributed by atoms with van der Waals surface area (Å²) >= 11 is 1.36. The van der Waals surface area contributed by atoms with Crippen LogP contribution >= 0.6 is 11.3 Å². The van der Waals surface area contributed by atoms with Crippen molar-refractivity contribution in [1.29, 1.82) is 0 Å². The van der Waals surface area contributed by atoms with Crippen LogP contribution in [0.4, 0.5) is 5.13 Å². The fourth-order valence-corrected chi connectivity index (χ4v) is 2.29. The Bertz CT molecular complexity index is 580. The molecule has 0 saturated heterocycles. The molecule has 1 aromatic heterocycles. The Morgan fingerprint density at radius 3 is 2.65 bits per heavy atom. The molecule has 20 heavy (non-hydrogen) atoms. The summed E-state index contributed by atoms with van der Waals surface area (Å²) in [6.45, 7) is 3.87. The van der Waals surface area contributed by atoms with Crippen LogP contribution < -0.4 is 10.1 Å². The fourth-order valence-electron chi connectivity index (χ4n) is 1.54. The molecular formula is C14H17N3O2S. The minimum Gasteiger partial charge on any atom is -0.497 e. The van der Waals surface area contributed by atoms with Crippen LogP contribution in [0.5, 0.6) is 5.75 Å². The van der Waals surface area contributed by atoms with E-state index in [1.165, 1.54) is 11.3 Å². The normalized spacial score (nSPS) is 11.9. The minimum absolute atomic E-state index is 0.0232. The van der Waals surface area contributed by atoms with Gasteiger partial charge < -0.3 is 10.1 Å². The van der Waals surface area contributed by atoms with E-state index in [0.29, 0.717) is 5.13 Å². The number of aromatic nitrogens is 2. The zero-order valence-corrected chi connectivity index (χ0v) is 12.5. The van der Waals surface area contributed by atoms with Gasteiger partial charge in [-0.2, -0.15) is 0 Å². The van der Waals surface area contributed by atoms with Crippen molar-refractivity contribution >= 4 is 22.4 Å². The number of amides is 1. The van der Waals surface area contributed by atoms with Crippen molar-refractivity contribution in [2.45, 2.75) is 20.3 Å². The Morgan fingerprint density at radius 1 is 1.35 bits per heavy atom. The largest absolute Gasteiger partial charge is 0.497 e. The summed E-state index contributed by atoms with van der Waals surface area (Å²) in [6, 6.07) is 7.57. The van der Waals surface area contributed by atoms with E-state index in [2.05, 4.69) is 15.5 Å². The number of methoxy groups -OCH3 is 1. The number of carbonyl (C=O) groups is 1. The summed E-state index contributed by atoms with van der Waals surface area (Å²) in [4.78, 5) is 11.8. The third kappa shape index (κ3) is 3.33. The lowest BCUT2D eigenvalue weighted by Crippen LogP contribution is -2.19. The predicted octanol–water partition coefficient (Wildman–Crippen LogP) is 3.20. The lowest BCUT2D eigenvalue weighted by atomic mass is 10.1. The lowest BCUT2D eigenvalue weighted by Gasteiger charge is -2.06. The number of anilines is 1. The van der Waals surface area contributed by atoms with Crippen LogP contribution in [-0.4, -0.2) is 23.2 Å². The molecule has 1 amide bonds. The molecule has 0 saturated carbocycles. The SMILES string of the molecule is CC[C@H](C)C(=O)Nc1nnc(-c2ccc(OC)cc2)s1. The minimum atomic E-state index is -0.0247. The van der Waals surface area contributed by atoms with Gasteiger partial charge in [0.1, 0.15) is 10.8 Å². The summed E-state index contributed by atoms with van der Waals surface area (Å²) < 4.78 is 5.11. The Balaban J connectivity index is 2.10. The Labute approximate surface area is 122 Å². The van der Waals surface area contributed by atoms with Gasteiger partial charge >= 0.3 is 0 Å². The van der Waals surface area contributed by atoms with E-state index in [1.807, 2.05) is 38.1 Å². The molecule has 5 nitrogen and oxygen atoms in total. The summed E-state index contributed by atoms with van der Waals surface area (Å²) in [5, 5.41) is 12.2. The first-order valence-corrected chi connectivity index (χ1v) is 7.24. The maximum atomic E-state index is 11.8. The van der Waals surface area contributed by atoms with Crippen LogP contribution in [0.25, 0.3) is 10.6 Å². The molecule has 1 N–H and O–H groups in total. The van der Waals surface area contributed by atoms with Crippen LogP contribution in [0, 0.1) is 5.92 Å². The number of rotatable bonds is 5. The van der Waals surface area contributed by atoms with Gasteiger partial charge in [-0.1, -0.05) is 25.2 Å². The lowest BCUT2D eigenvalue weighted by molar-refractivity contribution is -0.119. The number of nitrogens with one attached hydrogen (secondary N) is 1. The molecular weight excluding hydrogens is 274 g/mol. The fraction of sp³-hybridized carbons (Fsp3) is 0.357. The van der Waals surface area contributed by atoms with Crippen molar-refractivity contribution < 1.29 is 9.53 Å². The maximum Gasteiger partial charge on any atom is 0.229 e. The number of ether oxygens (including phenoxy) is 1. The van der Waals surface area contributed by atoms with E-state index < -0.39 is 0 Å². The highest BCUT2D eigenvalue weighted by Gasteiger charge is 2.14. The predicted molar refractivity (Wildman–Crippen MR) is 80.0 cm³/mol. The molecule has 106 valence electrons. The van der Waals surface area contributed by atoms with Gasteiger partial charge in [0.25, 0.3) is 0 Å². The standard InChI is InChI=1S/C14H17N3O2S/c1-4-9(2)12(18)15-14-17-16-13(20-14)10-5-7-11(19-3)8-6-10/h5-9H,4H2,1-3H3,(H,15,17,18)/t9-/m0/s1. The highest BCUT2D eigenvalue weighted by atomic mass is 32.1. The molecule has 0 aliphatic heterocycles. The second kappa shape index (κ2) is 6.47. The molecule has 1 aromatic carbocycles. The van der Waals surface area contributed by atoms with Crippen LogP contribution in [0.15, 0.2) is 24.3 Å². The number of hydrogen-bond acceptors (Lipinski definition) is 5. The number of nitrogens with zero attached hydrogens (tertiary/aromatic N) is 2. The van der Waals surface area contributed by atoms with Crippen molar-refractivity contribution in [3.63, 3.8) is 0 Å². The van der Waals surface area contributed by atoms with Gasteiger partial charge in [-0.3, -0.25) is 4.79 Å². The Kier molecular flexibility index (Phi) is 4.68. The number of carbonyl (C=O) groups excluding carboxylic acids is 1. The molecule has 0 aliphatic rings. The van der Waals surface area contributed by atoms with Gasteiger partial charge in [-0.25, -0.2) is 0 Å². The van der Waals surface area contributed by atoms with Crippen molar-refractivity contribution in [1.82, 2.24) is 10.2 Å². The van der Waals surface area contributed by atoms with E-state index in [-0.39, 0.29) is 11.8 Å². The third-order valence-corrected chi connectivity index (χ3v) is 3.94. The summed E-state index contributed by atoms with van der Waals surface area (Å²) in [6.07, 6.45) is 0.802. The first kappa shape index (κ1) is 14.5. The van der Waals surface area contributed by atoms with Gasteiger partial charge in [0.2, 0.25) is 11.0 Å². The van der Waals surface area contributed by atoms with E-state index in [9.17, 15) is 4.79 Å². The first-order valence-electron chi connectivity index (χ1n) is 6.42. The monoisotopic (exact) mass is 291 g/mol. The highest BCUT2D eigenvalue weighted by molar-refractivity contribution is 7.18. The molecule has 0 fully saturated rings. The molecule has 2 aromatic rings. The van der Waals surface area contributed by atoms with E-state index in [1.54, 1.807) is 7.11 Å². The van der Waals surface area contributed by atoms with Gasteiger partial charge in [0.05, 0.1) is 7.11 Å². The maximum absolute atomic E-state index is 11.8. The molecule has 0 unspecified atom stereocenters. The third-order valence-electron chi connectivity index (χ3n) is 3.05. The molecule has 0 spiro atoms. The van der Waals surface area contributed by atoms with Crippen molar-refractivity contribution in [3.05, 3.63) is 24.3 Å². The topological polar surface area (TPSA) is 64.1 Å². The van der Waals surface area contributed by atoms with Crippen molar-refractivity contribution in [2.75, 3.05) is 12.4 Å². The number of benzene rings is 1. The Morgan fingerprint density at radius 2 is 2.05 bits per heavy atom. The van der Waals surface area contributed by atoms with Gasteiger partial charge in [0, 0.05) is 11.5 Å². The molecule has 1 atom stereocenters. The zero-order valence-electron chi connectivity index (χ0n) is 11.7. The van der Waals surface area contributed by atoms with Crippen LogP contribution in [0.3, 0.4) is 0 Å². The summed E-state index contributed by atoms with van der Waals surface area (Å²) in [5.74, 6) is 0.747. The van der Waals surface area contributed by atoms with Gasteiger partial charge in [0.15, 0.2) is 0 Å². The molecule has 2 rings (SSSR count). The first-order chi connectivity index (χ1) is 9.63. The molecule has 6 heteroatoms. The second-order valence-electron chi connectivity index (χ2n) is 4.44. The summed E-state index contributed by atoms with van der Waals surface area (Å²) in [7, 11) is 1.63. The average Bonchev–Trinajstić information content (AvgIpc) is 2.94. The second-order valence-corrected chi connectivity index (χ2v) is 5.42. The molecule has 1 heterocycles. The summed E-state index contributed by atoms with van der Waals surface area (Å²) in [5.41, 5.74) is 0.951. The van der Waals surface area contributed by atoms with Crippen LogP contribution in [0.1, 0.15) is 20.3 Å². The number of hydrogen-bond donors (Lipinski definition) is 1. The van der Waals surface area contributed by atoms with E-state index in [0.717, 1.165) is 22.7 Å². The van der Waals surface area contributed by atoms with E-state index in [4.69, 9.17) is 4.74 Å². The zero-order chi connectivity index (χ0) is 14.5. The van der Waals surface area contributed by atoms with Crippen LogP contribution in [0.2, 0.25) is 0 Å². The smallest absolute Gasteiger partial charge is 0.229 e. The molecule has 0 aliphatic carbocycles. The van der Waals surface area contributed by atoms with Gasteiger partial charge in [-0.05, 0) is 30.7 Å². The average molecular weight is 291 g/mol. The van der Waals surface area contributed by atoms with Crippen molar-refractivity contribution in [2.24, 2.45) is 5.92 Å². The van der Waals surface area contributed by atoms with Crippen molar-refractivity contribution in [3.8, 4) is 16.3 Å². The quantitative estimate of drug-likeness (QED) is 0.918. The van der Waals surface area contributed by atoms with Crippen LogP contribution in [-0.2, 0) is 4.79 Å². The van der Waals surface area contributed by atoms with Gasteiger partial charge in [-0.15, -0.1) is 10.2 Å². The molecule has 0 bridgehead atoms. The highest BCUT2D eigenvalue weighted by Crippen LogP contribution is 2.28.